The number of thiophene rings is 1. The first-order valence-corrected chi connectivity index (χ1v) is 7.03. The highest BCUT2D eigenvalue weighted by Crippen LogP contribution is 2.21. The molecule has 5 nitrogen and oxygen atoms in total. The molecule has 0 aromatic carbocycles. The summed E-state index contributed by atoms with van der Waals surface area (Å²) in [6.45, 7) is 4.02. The van der Waals surface area contributed by atoms with E-state index in [0.29, 0.717) is 10.4 Å². The summed E-state index contributed by atoms with van der Waals surface area (Å²) in [5, 5.41) is 0. The molecule has 2 amide bonds. The van der Waals surface area contributed by atoms with Crippen LogP contribution in [0, 0.1) is 6.92 Å². The van der Waals surface area contributed by atoms with Crippen LogP contribution in [0.5, 0.6) is 0 Å². The predicted octanol–water partition coefficient (Wildman–Crippen LogP) is 2.09. The SMILES string of the molecule is CCc1sc(C(=O)NNC(=O)c2cccnc2)cc1C. The number of nitrogens with one attached hydrogen (secondary N) is 2. The number of rotatable bonds is 3. The van der Waals surface area contributed by atoms with Crippen molar-refractivity contribution in [3.63, 3.8) is 0 Å². The van der Waals surface area contributed by atoms with Crippen LogP contribution in [-0.4, -0.2) is 16.8 Å². The fourth-order valence-corrected chi connectivity index (χ4v) is 2.74. The lowest BCUT2D eigenvalue weighted by molar-refractivity contribution is 0.0848. The molecule has 2 aromatic heterocycles. The van der Waals surface area contributed by atoms with E-state index in [1.807, 2.05) is 19.9 Å². The molecule has 0 atom stereocenters. The highest BCUT2D eigenvalue weighted by atomic mass is 32.1. The Bertz CT molecular complexity index is 623. The minimum Gasteiger partial charge on any atom is -0.267 e. The van der Waals surface area contributed by atoms with Gasteiger partial charge in [-0.1, -0.05) is 6.92 Å². The Morgan fingerprint density at radius 3 is 2.65 bits per heavy atom. The van der Waals surface area contributed by atoms with Crippen LogP contribution in [0.2, 0.25) is 0 Å². The standard InChI is InChI=1S/C14H15N3O2S/c1-3-11-9(2)7-12(20-11)14(19)17-16-13(18)10-5-4-6-15-8-10/h4-8H,3H2,1-2H3,(H,16,18)(H,17,19). The molecule has 0 saturated carbocycles. The maximum atomic E-state index is 11.9. The van der Waals surface area contributed by atoms with Crippen LogP contribution < -0.4 is 10.9 Å². The molecular formula is C14H15N3O2S. The van der Waals surface area contributed by atoms with Gasteiger partial charge in [-0.15, -0.1) is 11.3 Å². The van der Waals surface area contributed by atoms with E-state index in [4.69, 9.17) is 0 Å². The summed E-state index contributed by atoms with van der Waals surface area (Å²) < 4.78 is 0. The van der Waals surface area contributed by atoms with Crippen LogP contribution in [-0.2, 0) is 6.42 Å². The Morgan fingerprint density at radius 1 is 1.30 bits per heavy atom. The summed E-state index contributed by atoms with van der Waals surface area (Å²) in [5.41, 5.74) is 6.27. The van der Waals surface area contributed by atoms with Gasteiger partial charge in [0.1, 0.15) is 0 Å². The number of pyridine rings is 1. The van der Waals surface area contributed by atoms with E-state index >= 15 is 0 Å². The lowest BCUT2D eigenvalue weighted by Crippen LogP contribution is -2.41. The number of hydrogen-bond donors (Lipinski definition) is 2. The third-order valence-corrected chi connectivity index (χ3v) is 4.16. The molecule has 0 unspecified atom stereocenters. The highest BCUT2D eigenvalue weighted by molar-refractivity contribution is 7.14. The Hall–Kier alpha value is -2.21. The van der Waals surface area contributed by atoms with Crippen LogP contribution in [0.15, 0.2) is 30.6 Å². The molecule has 2 rings (SSSR count). The number of nitrogens with zero attached hydrogens (tertiary/aromatic N) is 1. The average molecular weight is 289 g/mol. The van der Waals surface area contributed by atoms with Crippen molar-refractivity contribution in [2.24, 2.45) is 0 Å². The number of carbonyl (C=O) groups is 2. The Kier molecular flexibility index (Phi) is 4.47. The van der Waals surface area contributed by atoms with Crippen molar-refractivity contribution in [1.82, 2.24) is 15.8 Å². The molecule has 2 N–H and O–H groups in total. The summed E-state index contributed by atoms with van der Waals surface area (Å²) in [5.74, 6) is -0.703. The Labute approximate surface area is 121 Å². The van der Waals surface area contributed by atoms with E-state index in [2.05, 4.69) is 15.8 Å². The molecule has 20 heavy (non-hydrogen) atoms. The van der Waals surface area contributed by atoms with Gasteiger partial charge in [0, 0.05) is 17.3 Å². The molecule has 6 heteroatoms. The minimum atomic E-state index is -0.393. The van der Waals surface area contributed by atoms with Crippen LogP contribution >= 0.6 is 11.3 Å². The van der Waals surface area contributed by atoms with Crippen molar-refractivity contribution >= 4 is 23.2 Å². The number of aryl methyl sites for hydroxylation is 2. The molecule has 0 aliphatic rings. The summed E-state index contributed by atoms with van der Waals surface area (Å²) in [6, 6.07) is 5.11. The molecular weight excluding hydrogens is 274 g/mol. The number of carbonyl (C=O) groups excluding carboxylic acids is 2. The Balaban J connectivity index is 1.97. The third-order valence-electron chi connectivity index (χ3n) is 2.78. The van der Waals surface area contributed by atoms with Gasteiger partial charge in [0.25, 0.3) is 11.8 Å². The molecule has 0 spiro atoms. The van der Waals surface area contributed by atoms with Crippen LogP contribution in [0.4, 0.5) is 0 Å². The number of amides is 2. The first-order valence-electron chi connectivity index (χ1n) is 6.21. The van der Waals surface area contributed by atoms with E-state index in [9.17, 15) is 9.59 Å². The van der Waals surface area contributed by atoms with E-state index in [0.717, 1.165) is 12.0 Å². The lowest BCUT2D eigenvalue weighted by Gasteiger charge is -2.05. The van der Waals surface area contributed by atoms with Gasteiger partial charge in [0.2, 0.25) is 0 Å². The van der Waals surface area contributed by atoms with Crippen molar-refractivity contribution in [3.8, 4) is 0 Å². The maximum absolute atomic E-state index is 11.9. The largest absolute Gasteiger partial charge is 0.279 e. The van der Waals surface area contributed by atoms with Gasteiger partial charge in [-0.3, -0.25) is 25.4 Å². The zero-order valence-electron chi connectivity index (χ0n) is 11.3. The smallest absolute Gasteiger partial charge is 0.267 e. The third kappa shape index (κ3) is 3.21. The highest BCUT2D eigenvalue weighted by Gasteiger charge is 2.13. The van der Waals surface area contributed by atoms with E-state index in [-0.39, 0.29) is 5.91 Å². The molecule has 0 fully saturated rings. The normalized spacial score (nSPS) is 10.1. The van der Waals surface area contributed by atoms with Gasteiger partial charge in [-0.2, -0.15) is 0 Å². The van der Waals surface area contributed by atoms with E-state index in [1.54, 1.807) is 18.3 Å². The van der Waals surface area contributed by atoms with Crippen molar-refractivity contribution in [1.29, 1.82) is 0 Å². The molecule has 104 valence electrons. The van der Waals surface area contributed by atoms with E-state index < -0.39 is 5.91 Å². The van der Waals surface area contributed by atoms with Gasteiger partial charge in [0.05, 0.1) is 10.4 Å². The van der Waals surface area contributed by atoms with Crippen molar-refractivity contribution in [2.45, 2.75) is 20.3 Å². The second-order valence-electron chi connectivity index (χ2n) is 4.22. The van der Waals surface area contributed by atoms with Gasteiger partial charge < -0.3 is 0 Å². The lowest BCUT2D eigenvalue weighted by atomic mass is 10.2. The second-order valence-corrected chi connectivity index (χ2v) is 5.36. The minimum absolute atomic E-state index is 0.310. The van der Waals surface area contributed by atoms with Crippen molar-refractivity contribution in [2.75, 3.05) is 0 Å². The summed E-state index contributed by atoms with van der Waals surface area (Å²) in [4.78, 5) is 29.3. The van der Waals surface area contributed by atoms with Crippen LogP contribution in [0.1, 0.15) is 37.4 Å². The zero-order valence-corrected chi connectivity index (χ0v) is 12.1. The molecule has 0 saturated heterocycles. The maximum Gasteiger partial charge on any atom is 0.279 e. The van der Waals surface area contributed by atoms with Gasteiger partial charge >= 0.3 is 0 Å². The van der Waals surface area contributed by atoms with Crippen LogP contribution in [0.25, 0.3) is 0 Å². The topological polar surface area (TPSA) is 71.1 Å². The van der Waals surface area contributed by atoms with Crippen molar-refractivity contribution < 1.29 is 9.59 Å². The molecule has 0 aliphatic heterocycles. The van der Waals surface area contributed by atoms with E-state index in [1.165, 1.54) is 22.4 Å². The number of aromatic nitrogens is 1. The average Bonchev–Trinajstić information content (AvgIpc) is 2.86. The molecule has 0 radical (unpaired) electrons. The summed E-state index contributed by atoms with van der Waals surface area (Å²) in [7, 11) is 0. The van der Waals surface area contributed by atoms with Gasteiger partial charge in [-0.05, 0) is 37.1 Å². The summed E-state index contributed by atoms with van der Waals surface area (Å²) in [6.07, 6.45) is 3.91. The van der Waals surface area contributed by atoms with Gasteiger partial charge in [0.15, 0.2) is 0 Å². The molecule has 0 aliphatic carbocycles. The summed E-state index contributed by atoms with van der Waals surface area (Å²) >= 11 is 1.44. The molecule has 0 bridgehead atoms. The first kappa shape index (κ1) is 14.2. The second kappa shape index (κ2) is 6.29. The first-order chi connectivity index (χ1) is 9.61. The fourth-order valence-electron chi connectivity index (χ4n) is 1.73. The predicted molar refractivity (Wildman–Crippen MR) is 77.6 cm³/mol. The fraction of sp³-hybridized carbons (Fsp3) is 0.214. The number of hydrazine groups is 1. The van der Waals surface area contributed by atoms with Gasteiger partial charge in [-0.25, -0.2) is 0 Å². The molecule has 2 heterocycles. The Morgan fingerprint density at radius 2 is 2.05 bits per heavy atom. The molecule has 2 aromatic rings. The quantitative estimate of drug-likeness (QED) is 0.850. The number of hydrogen-bond acceptors (Lipinski definition) is 4. The van der Waals surface area contributed by atoms with Crippen molar-refractivity contribution in [3.05, 3.63) is 51.5 Å². The van der Waals surface area contributed by atoms with Crippen LogP contribution in [0.3, 0.4) is 0 Å². The zero-order chi connectivity index (χ0) is 14.5. The monoisotopic (exact) mass is 289 g/mol.